The number of rotatable bonds is 6. The van der Waals surface area contributed by atoms with Gasteiger partial charge in [-0.05, 0) is 29.3 Å². The van der Waals surface area contributed by atoms with Crippen molar-refractivity contribution in [3.63, 3.8) is 0 Å². The summed E-state index contributed by atoms with van der Waals surface area (Å²) in [6.45, 7) is 0. The summed E-state index contributed by atoms with van der Waals surface area (Å²) >= 11 is 5.87. The van der Waals surface area contributed by atoms with E-state index in [-0.39, 0.29) is 29.5 Å². The average molecular weight is 380 g/mol. The van der Waals surface area contributed by atoms with Crippen LogP contribution in [0.15, 0.2) is 78.9 Å². The van der Waals surface area contributed by atoms with Crippen LogP contribution < -0.4 is 5.32 Å². The number of hydrogen-bond donors (Lipinski definition) is 2. The fourth-order valence-electron chi connectivity index (χ4n) is 2.99. The Morgan fingerprint density at radius 1 is 0.889 bits per heavy atom. The molecule has 0 radical (unpaired) electrons. The summed E-state index contributed by atoms with van der Waals surface area (Å²) in [5.74, 6) is -1.54. The first-order chi connectivity index (χ1) is 13.0. The fraction of sp³-hybridized carbons (Fsp3) is 0.0909. The molecule has 3 rings (SSSR count). The molecule has 3 aromatic carbocycles. The van der Waals surface area contributed by atoms with Gasteiger partial charge < -0.3 is 10.4 Å². The second-order valence-electron chi connectivity index (χ2n) is 6.12. The number of benzene rings is 3. The van der Waals surface area contributed by atoms with E-state index >= 15 is 0 Å². The Labute approximate surface area is 162 Å². The minimum Gasteiger partial charge on any atom is -0.478 e. The largest absolute Gasteiger partial charge is 0.478 e. The van der Waals surface area contributed by atoms with Crippen molar-refractivity contribution in [3.8, 4) is 0 Å². The number of nitrogens with one attached hydrogen (secondary N) is 1. The molecule has 1 amide bonds. The summed E-state index contributed by atoms with van der Waals surface area (Å²) in [6, 6.07) is 23.9. The molecule has 0 saturated heterocycles. The Bertz CT molecular complexity index is 903. The Hall–Kier alpha value is -3.11. The second-order valence-corrected chi connectivity index (χ2v) is 6.56. The molecule has 0 heterocycles. The van der Waals surface area contributed by atoms with Gasteiger partial charge in [0.2, 0.25) is 5.91 Å². The first kappa shape index (κ1) is 18.7. The minimum atomic E-state index is -1.14. The molecule has 27 heavy (non-hydrogen) atoms. The highest BCUT2D eigenvalue weighted by atomic mass is 35.5. The van der Waals surface area contributed by atoms with Crippen LogP contribution in [0.3, 0.4) is 0 Å². The van der Waals surface area contributed by atoms with Crippen LogP contribution in [0.4, 0.5) is 5.69 Å². The van der Waals surface area contributed by atoms with Gasteiger partial charge in [-0.15, -0.1) is 0 Å². The zero-order valence-corrected chi connectivity index (χ0v) is 15.2. The quantitative estimate of drug-likeness (QED) is 0.618. The van der Waals surface area contributed by atoms with E-state index in [1.54, 1.807) is 6.07 Å². The number of amides is 1. The molecule has 3 aromatic rings. The van der Waals surface area contributed by atoms with Crippen LogP contribution in [-0.4, -0.2) is 17.0 Å². The lowest BCUT2D eigenvalue weighted by atomic mass is 9.88. The third-order valence-electron chi connectivity index (χ3n) is 4.28. The summed E-state index contributed by atoms with van der Waals surface area (Å²) in [5, 5.41) is 12.3. The molecule has 0 fully saturated rings. The molecule has 0 aliphatic carbocycles. The number of anilines is 1. The van der Waals surface area contributed by atoms with Gasteiger partial charge in [-0.3, -0.25) is 4.79 Å². The lowest BCUT2D eigenvalue weighted by molar-refractivity contribution is -0.116. The monoisotopic (exact) mass is 379 g/mol. The molecule has 0 atom stereocenters. The first-order valence-corrected chi connectivity index (χ1v) is 8.85. The van der Waals surface area contributed by atoms with Gasteiger partial charge in [0.15, 0.2) is 0 Å². The zero-order chi connectivity index (χ0) is 19.2. The molecule has 0 aliphatic rings. The molecule has 0 aliphatic heterocycles. The van der Waals surface area contributed by atoms with Crippen LogP contribution in [0.5, 0.6) is 0 Å². The molecule has 136 valence electrons. The summed E-state index contributed by atoms with van der Waals surface area (Å²) in [7, 11) is 0. The van der Waals surface area contributed by atoms with Crippen molar-refractivity contribution in [2.45, 2.75) is 12.3 Å². The summed E-state index contributed by atoms with van der Waals surface area (Å²) in [5.41, 5.74) is 2.24. The van der Waals surface area contributed by atoms with Gasteiger partial charge in [-0.25, -0.2) is 4.79 Å². The number of hydrogen-bond acceptors (Lipinski definition) is 2. The molecular formula is C22H18ClNO3. The molecule has 5 heteroatoms. The molecule has 0 unspecified atom stereocenters. The number of carboxylic acids is 1. The van der Waals surface area contributed by atoms with Gasteiger partial charge in [0.25, 0.3) is 0 Å². The third-order valence-corrected chi connectivity index (χ3v) is 4.51. The van der Waals surface area contributed by atoms with Crippen LogP contribution in [0, 0.1) is 0 Å². The maximum Gasteiger partial charge on any atom is 0.337 e. The van der Waals surface area contributed by atoms with E-state index in [9.17, 15) is 14.7 Å². The van der Waals surface area contributed by atoms with Crippen molar-refractivity contribution in [1.29, 1.82) is 0 Å². The van der Waals surface area contributed by atoms with E-state index in [1.807, 2.05) is 60.7 Å². The number of aromatic carboxylic acids is 1. The predicted molar refractivity (Wildman–Crippen MR) is 106 cm³/mol. The number of carbonyl (C=O) groups is 2. The predicted octanol–water partition coefficient (Wildman–Crippen LogP) is 5.20. The lowest BCUT2D eigenvalue weighted by Gasteiger charge is -2.18. The number of carboxylic acid groups (broad SMARTS) is 1. The fourth-order valence-corrected chi connectivity index (χ4v) is 3.16. The standard InChI is InChI=1S/C22H18ClNO3/c23-17-11-12-20(19(13-17)22(26)27)24-21(25)14-18(15-7-3-1-4-8-15)16-9-5-2-6-10-16/h1-13,18H,14H2,(H,24,25)(H,26,27). The lowest BCUT2D eigenvalue weighted by Crippen LogP contribution is -2.18. The van der Waals surface area contributed by atoms with E-state index in [4.69, 9.17) is 11.6 Å². The minimum absolute atomic E-state index is 0.0353. The van der Waals surface area contributed by atoms with Gasteiger partial charge >= 0.3 is 5.97 Å². The van der Waals surface area contributed by atoms with Gasteiger partial charge in [0.05, 0.1) is 11.3 Å². The number of halogens is 1. The van der Waals surface area contributed by atoms with E-state index in [1.165, 1.54) is 12.1 Å². The van der Waals surface area contributed by atoms with E-state index < -0.39 is 5.97 Å². The molecule has 0 bridgehead atoms. The summed E-state index contributed by atoms with van der Waals surface area (Å²) < 4.78 is 0. The SMILES string of the molecule is O=C(CC(c1ccccc1)c1ccccc1)Nc1ccc(Cl)cc1C(=O)O. The highest BCUT2D eigenvalue weighted by Crippen LogP contribution is 2.29. The van der Waals surface area contributed by atoms with Crippen molar-refractivity contribution in [3.05, 3.63) is 101 Å². The molecule has 4 nitrogen and oxygen atoms in total. The maximum absolute atomic E-state index is 12.7. The average Bonchev–Trinajstić information content (AvgIpc) is 2.68. The molecule has 2 N–H and O–H groups in total. The van der Waals surface area contributed by atoms with Gasteiger partial charge in [0, 0.05) is 17.4 Å². The van der Waals surface area contributed by atoms with Crippen molar-refractivity contribution in [2.24, 2.45) is 0 Å². The highest BCUT2D eigenvalue weighted by molar-refractivity contribution is 6.31. The van der Waals surface area contributed by atoms with Gasteiger partial charge in [-0.2, -0.15) is 0 Å². The first-order valence-electron chi connectivity index (χ1n) is 8.47. The van der Waals surface area contributed by atoms with E-state index in [0.717, 1.165) is 11.1 Å². The zero-order valence-electron chi connectivity index (χ0n) is 14.4. The van der Waals surface area contributed by atoms with E-state index in [0.29, 0.717) is 5.02 Å². The van der Waals surface area contributed by atoms with Gasteiger partial charge in [-0.1, -0.05) is 72.3 Å². The van der Waals surface area contributed by atoms with Crippen molar-refractivity contribution >= 4 is 29.2 Å². The van der Waals surface area contributed by atoms with Crippen LogP contribution in [0.1, 0.15) is 33.8 Å². The van der Waals surface area contributed by atoms with Gasteiger partial charge in [0.1, 0.15) is 0 Å². The maximum atomic E-state index is 12.7. The van der Waals surface area contributed by atoms with Crippen molar-refractivity contribution in [2.75, 3.05) is 5.32 Å². The Morgan fingerprint density at radius 3 is 1.96 bits per heavy atom. The highest BCUT2D eigenvalue weighted by Gasteiger charge is 2.20. The number of carbonyl (C=O) groups excluding carboxylic acids is 1. The van der Waals surface area contributed by atoms with Crippen LogP contribution in [0.25, 0.3) is 0 Å². The summed E-state index contributed by atoms with van der Waals surface area (Å²) in [6.07, 6.45) is 0.190. The van der Waals surface area contributed by atoms with E-state index in [2.05, 4.69) is 5.32 Å². The van der Waals surface area contributed by atoms with Crippen molar-refractivity contribution in [1.82, 2.24) is 0 Å². The molecule has 0 aromatic heterocycles. The van der Waals surface area contributed by atoms with Crippen LogP contribution >= 0.6 is 11.6 Å². The Kier molecular flexibility index (Phi) is 5.89. The third kappa shape index (κ3) is 4.74. The topological polar surface area (TPSA) is 66.4 Å². The van der Waals surface area contributed by atoms with Crippen molar-refractivity contribution < 1.29 is 14.7 Å². The Balaban J connectivity index is 1.85. The molecule has 0 saturated carbocycles. The normalized spacial score (nSPS) is 10.6. The van der Waals surface area contributed by atoms with Crippen LogP contribution in [-0.2, 0) is 4.79 Å². The Morgan fingerprint density at radius 2 is 1.44 bits per heavy atom. The van der Waals surface area contributed by atoms with Crippen LogP contribution in [0.2, 0.25) is 5.02 Å². The smallest absolute Gasteiger partial charge is 0.337 e. The molecular weight excluding hydrogens is 362 g/mol. The molecule has 0 spiro atoms. The second kappa shape index (κ2) is 8.52. The summed E-state index contributed by atoms with van der Waals surface area (Å²) in [4.78, 5) is 24.1.